The SMILES string of the molecule is CN1C(=O)C2(c3ccccc31)c1c(oc3ccc(Cl)cc3c1=O)C(=O)N2c1nnc(SCc2ccc(F)cc2)s1. The fourth-order valence-corrected chi connectivity index (χ4v) is 7.34. The smallest absolute Gasteiger partial charge is 0.297 e. The first-order valence-electron chi connectivity index (χ1n) is 12.0. The normalized spacial score (nSPS) is 17.8. The molecule has 3 aromatic carbocycles. The lowest BCUT2D eigenvalue weighted by molar-refractivity contribution is -0.121. The highest BCUT2D eigenvalue weighted by Gasteiger charge is 2.66. The Bertz CT molecular complexity index is 1940. The number of thioether (sulfide) groups is 1. The maximum absolute atomic E-state index is 14.2. The highest BCUT2D eigenvalue weighted by molar-refractivity contribution is 8.00. The van der Waals surface area contributed by atoms with Crippen molar-refractivity contribution in [3.63, 3.8) is 0 Å². The molecule has 2 aliphatic heterocycles. The molecule has 40 heavy (non-hydrogen) atoms. The molecule has 2 aromatic heterocycles. The first-order valence-corrected chi connectivity index (χ1v) is 14.2. The van der Waals surface area contributed by atoms with E-state index in [1.165, 1.54) is 45.8 Å². The summed E-state index contributed by atoms with van der Waals surface area (Å²) in [7, 11) is 1.60. The maximum atomic E-state index is 14.2. The van der Waals surface area contributed by atoms with Crippen LogP contribution in [0.5, 0.6) is 0 Å². The first-order chi connectivity index (χ1) is 19.3. The summed E-state index contributed by atoms with van der Waals surface area (Å²) in [5, 5.41) is 9.14. The molecule has 12 heteroatoms. The summed E-state index contributed by atoms with van der Waals surface area (Å²) in [5.41, 5.74) is -0.372. The molecule has 0 fully saturated rings. The van der Waals surface area contributed by atoms with E-state index in [9.17, 15) is 18.8 Å². The van der Waals surface area contributed by atoms with Gasteiger partial charge in [0.1, 0.15) is 11.4 Å². The van der Waals surface area contributed by atoms with Gasteiger partial charge in [0.2, 0.25) is 10.9 Å². The molecule has 198 valence electrons. The van der Waals surface area contributed by atoms with Gasteiger partial charge < -0.3 is 9.32 Å². The van der Waals surface area contributed by atoms with E-state index in [1.54, 1.807) is 49.5 Å². The number of rotatable bonds is 4. The number of nitrogens with zero attached hydrogens (tertiary/aromatic N) is 4. The Morgan fingerprint density at radius 1 is 1.05 bits per heavy atom. The number of benzene rings is 3. The summed E-state index contributed by atoms with van der Waals surface area (Å²) in [6, 6.07) is 17.7. The van der Waals surface area contributed by atoms with E-state index in [4.69, 9.17) is 16.0 Å². The third-order valence-corrected chi connectivity index (χ3v) is 9.43. The zero-order chi connectivity index (χ0) is 27.8. The molecule has 2 amide bonds. The number of hydrogen-bond donors (Lipinski definition) is 0. The molecule has 8 nitrogen and oxygen atoms in total. The van der Waals surface area contributed by atoms with Crippen LogP contribution in [0.1, 0.15) is 27.2 Å². The van der Waals surface area contributed by atoms with E-state index >= 15 is 0 Å². The predicted octanol–water partition coefficient (Wildman–Crippen LogP) is 5.61. The van der Waals surface area contributed by atoms with Gasteiger partial charge in [0, 0.05) is 29.1 Å². The van der Waals surface area contributed by atoms with Gasteiger partial charge in [0.05, 0.1) is 10.9 Å². The van der Waals surface area contributed by atoms with Crippen molar-refractivity contribution in [2.45, 2.75) is 15.6 Å². The van der Waals surface area contributed by atoms with Crippen LogP contribution in [0.2, 0.25) is 5.02 Å². The predicted molar refractivity (Wildman–Crippen MR) is 151 cm³/mol. The summed E-state index contributed by atoms with van der Waals surface area (Å²) in [6.07, 6.45) is 0. The molecular formula is C28H16ClFN4O4S2. The van der Waals surface area contributed by atoms with E-state index in [0.29, 0.717) is 26.4 Å². The van der Waals surface area contributed by atoms with Gasteiger partial charge in [-0.2, -0.15) is 0 Å². The van der Waals surface area contributed by atoms with Gasteiger partial charge in [-0.15, -0.1) is 10.2 Å². The van der Waals surface area contributed by atoms with Crippen molar-refractivity contribution >= 4 is 68.3 Å². The summed E-state index contributed by atoms with van der Waals surface area (Å²) >= 11 is 8.67. The lowest BCUT2D eigenvalue weighted by Crippen LogP contribution is -2.53. The number of carbonyl (C=O) groups excluding carboxylic acids is 2. The van der Waals surface area contributed by atoms with Crippen LogP contribution in [-0.2, 0) is 16.1 Å². The highest BCUT2D eigenvalue weighted by atomic mass is 35.5. The van der Waals surface area contributed by atoms with Crippen molar-refractivity contribution in [3.05, 3.63) is 110 Å². The largest absolute Gasteiger partial charge is 0.450 e. The van der Waals surface area contributed by atoms with Gasteiger partial charge >= 0.3 is 0 Å². The number of anilines is 2. The topological polar surface area (TPSA) is 96.6 Å². The van der Waals surface area contributed by atoms with E-state index in [-0.39, 0.29) is 33.2 Å². The maximum Gasteiger partial charge on any atom is 0.297 e. The fraction of sp³-hybridized carbons (Fsp3) is 0.107. The molecule has 0 bridgehead atoms. The standard InChI is InChI=1S/C28H16ClFN4O4S2/c1-33-19-5-3-2-4-18(19)28(25(33)37)21-22(35)17-12-15(29)8-11-20(17)38-23(21)24(36)34(28)26-31-32-27(40-26)39-13-14-6-9-16(30)10-7-14/h2-12H,13H2,1H3. The number of aromatic nitrogens is 2. The average Bonchev–Trinajstić information content (AvgIpc) is 3.59. The summed E-state index contributed by atoms with van der Waals surface area (Å²) in [4.78, 5) is 45.1. The Morgan fingerprint density at radius 3 is 2.62 bits per heavy atom. The number of hydrogen-bond acceptors (Lipinski definition) is 8. The van der Waals surface area contributed by atoms with E-state index < -0.39 is 22.8 Å². The second-order valence-corrected chi connectivity index (χ2v) is 11.9. The lowest BCUT2D eigenvalue weighted by atomic mass is 9.84. The monoisotopic (exact) mass is 590 g/mol. The Kier molecular flexibility index (Phi) is 5.60. The van der Waals surface area contributed by atoms with Gasteiger partial charge in [0.15, 0.2) is 15.3 Å². The summed E-state index contributed by atoms with van der Waals surface area (Å²) in [5.74, 6) is -1.23. The zero-order valence-corrected chi connectivity index (χ0v) is 22.9. The molecule has 0 radical (unpaired) electrons. The molecule has 0 aliphatic carbocycles. The van der Waals surface area contributed by atoms with Crippen LogP contribution in [0.25, 0.3) is 11.0 Å². The van der Waals surface area contributed by atoms with Crippen molar-refractivity contribution in [3.8, 4) is 0 Å². The molecule has 7 rings (SSSR count). The van der Waals surface area contributed by atoms with Crippen molar-refractivity contribution < 1.29 is 18.4 Å². The number of fused-ring (bicyclic) bond motifs is 5. The molecular weight excluding hydrogens is 575 g/mol. The van der Waals surface area contributed by atoms with Crippen molar-refractivity contribution in [2.24, 2.45) is 0 Å². The zero-order valence-electron chi connectivity index (χ0n) is 20.6. The van der Waals surface area contributed by atoms with Gasteiger partial charge in [-0.3, -0.25) is 19.3 Å². The molecule has 2 aliphatic rings. The third kappa shape index (κ3) is 3.41. The molecule has 0 saturated carbocycles. The van der Waals surface area contributed by atoms with Crippen LogP contribution in [0.15, 0.2) is 80.3 Å². The minimum Gasteiger partial charge on any atom is -0.450 e. The Labute approximate surface area is 239 Å². The lowest BCUT2D eigenvalue weighted by Gasteiger charge is -2.31. The number of amides is 2. The van der Waals surface area contributed by atoms with Gasteiger partial charge in [0.25, 0.3) is 11.8 Å². The molecule has 0 N–H and O–H groups in total. The number of carbonyl (C=O) groups is 2. The number of para-hydroxylation sites is 1. The Morgan fingerprint density at radius 2 is 1.82 bits per heavy atom. The van der Waals surface area contributed by atoms with Crippen LogP contribution in [-0.4, -0.2) is 29.1 Å². The Balaban J connectivity index is 1.42. The summed E-state index contributed by atoms with van der Waals surface area (Å²) < 4.78 is 19.8. The molecule has 1 spiro atoms. The average molecular weight is 591 g/mol. The van der Waals surface area contributed by atoms with Crippen molar-refractivity contribution in [1.29, 1.82) is 0 Å². The molecule has 4 heterocycles. The second-order valence-electron chi connectivity index (χ2n) is 9.27. The Hall–Kier alpha value is -4.06. The van der Waals surface area contributed by atoms with E-state index in [2.05, 4.69) is 10.2 Å². The first kappa shape index (κ1) is 24.9. The van der Waals surface area contributed by atoms with E-state index in [1.807, 2.05) is 0 Å². The van der Waals surface area contributed by atoms with Crippen LogP contribution in [0.3, 0.4) is 0 Å². The minimum atomic E-state index is -1.84. The van der Waals surface area contributed by atoms with Crippen LogP contribution in [0.4, 0.5) is 15.2 Å². The van der Waals surface area contributed by atoms with Crippen LogP contribution < -0.4 is 15.2 Å². The van der Waals surface area contributed by atoms with Gasteiger partial charge in [-0.05, 0) is 42.0 Å². The van der Waals surface area contributed by atoms with Crippen molar-refractivity contribution in [1.82, 2.24) is 10.2 Å². The van der Waals surface area contributed by atoms with Crippen LogP contribution >= 0.6 is 34.7 Å². The fourth-order valence-electron chi connectivity index (χ4n) is 5.32. The van der Waals surface area contributed by atoms with E-state index in [0.717, 1.165) is 16.9 Å². The summed E-state index contributed by atoms with van der Waals surface area (Å²) in [6.45, 7) is 0. The molecule has 1 atom stereocenters. The molecule has 0 saturated heterocycles. The highest BCUT2D eigenvalue weighted by Crippen LogP contribution is 2.54. The minimum absolute atomic E-state index is 0.0789. The number of halogens is 2. The van der Waals surface area contributed by atoms with Crippen molar-refractivity contribution in [2.75, 3.05) is 16.8 Å². The van der Waals surface area contributed by atoms with Gasteiger partial charge in [-0.1, -0.05) is 65.0 Å². The quantitative estimate of drug-likeness (QED) is 0.198. The van der Waals surface area contributed by atoms with Gasteiger partial charge in [-0.25, -0.2) is 4.39 Å². The van der Waals surface area contributed by atoms with Crippen LogP contribution in [0, 0.1) is 5.82 Å². The molecule has 5 aromatic rings. The number of likely N-dealkylation sites (N-methyl/N-ethyl adjacent to an activating group) is 1. The third-order valence-electron chi connectivity index (χ3n) is 7.08. The molecule has 1 unspecified atom stereocenters. The second kappa shape index (κ2) is 8.98.